The van der Waals surface area contributed by atoms with Gasteiger partial charge in [0.05, 0.1) is 13.2 Å². The number of phenols is 1. The number of phenolic OH excluding ortho intramolecular Hbond substituents is 1. The van der Waals surface area contributed by atoms with Crippen LogP contribution in [0.1, 0.15) is 44.6 Å². The van der Waals surface area contributed by atoms with Gasteiger partial charge in [-0.25, -0.2) is 0 Å². The van der Waals surface area contributed by atoms with E-state index in [1.807, 2.05) is 0 Å². The molecule has 0 aliphatic rings. The quantitative estimate of drug-likeness (QED) is 0.730. The smallest absolute Gasteiger partial charge is 0.160 e. The number of ketones is 1. The van der Waals surface area contributed by atoms with Gasteiger partial charge in [-0.05, 0) is 30.5 Å². The summed E-state index contributed by atoms with van der Waals surface area (Å²) in [7, 11) is 1.49. The first kappa shape index (κ1) is 16.5. The summed E-state index contributed by atoms with van der Waals surface area (Å²) in [5, 5.41) is 19.2. The minimum atomic E-state index is -0.517. The molecule has 0 fully saturated rings. The van der Waals surface area contributed by atoms with E-state index in [1.165, 1.54) is 7.11 Å². The van der Waals surface area contributed by atoms with Crippen molar-refractivity contribution in [1.82, 2.24) is 0 Å². The van der Waals surface area contributed by atoms with Crippen LogP contribution in [-0.4, -0.2) is 29.2 Å². The highest BCUT2D eigenvalue weighted by Crippen LogP contribution is 2.26. The molecule has 2 N–H and O–H groups in total. The van der Waals surface area contributed by atoms with Gasteiger partial charge in [0.1, 0.15) is 5.78 Å². The fraction of sp³-hybridized carbons (Fsp3) is 0.562. The lowest BCUT2D eigenvalue weighted by Crippen LogP contribution is -2.13. The molecule has 1 unspecified atom stereocenters. The third-order valence-corrected chi connectivity index (χ3v) is 3.29. The van der Waals surface area contributed by atoms with Crippen LogP contribution in [0.5, 0.6) is 11.5 Å². The molecule has 4 heteroatoms. The highest BCUT2D eigenvalue weighted by Gasteiger charge is 2.11. The van der Waals surface area contributed by atoms with Crippen LogP contribution in [0.25, 0.3) is 0 Å². The lowest BCUT2D eigenvalue weighted by Gasteiger charge is -2.09. The molecule has 0 saturated heterocycles. The standard InChI is InChI=1S/C16H24O4/c1-3-4-5-13(17)11-14(18)8-6-12-7-9-15(19)16(10-12)20-2/h7,9-10,13,17,19H,3-6,8,11H2,1-2H3. The molecule has 0 bridgehead atoms. The lowest BCUT2D eigenvalue weighted by atomic mass is 10.0. The van der Waals surface area contributed by atoms with E-state index in [1.54, 1.807) is 18.2 Å². The number of unbranched alkanes of at least 4 members (excludes halogenated alkanes) is 1. The Morgan fingerprint density at radius 2 is 2.15 bits per heavy atom. The van der Waals surface area contributed by atoms with Crippen LogP contribution in [0.2, 0.25) is 0 Å². The number of rotatable bonds is 9. The summed E-state index contributed by atoms with van der Waals surface area (Å²) in [6, 6.07) is 5.07. The number of methoxy groups -OCH3 is 1. The predicted molar refractivity (Wildman–Crippen MR) is 78.1 cm³/mol. The summed E-state index contributed by atoms with van der Waals surface area (Å²) < 4.78 is 5.03. The SMILES string of the molecule is CCCCC(O)CC(=O)CCc1ccc(O)c(OC)c1. The molecule has 0 spiro atoms. The number of aliphatic hydroxyl groups excluding tert-OH is 1. The van der Waals surface area contributed by atoms with E-state index >= 15 is 0 Å². The number of carbonyl (C=O) groups is 1. The first-order valence-corrected chi connectivity index (χ1v) is 7.12. The zero-order valence-corrected chi connectivity index (χ0v) is 12.3. The number of Topliss-reactive ketones (excluding diaryl/α,β-unsaturated/α-hetero) is 1. The molecule has 1 rings (SSSR count). The van der Waals surface area contributed by atoms with Crippen molar-refractivity contribution in [3.05, 3.63) is 23.8 Å². The van der Waals surface area contributed by atoms with Crippen LogP contribution in [-0.2, 0) is 11.2 Å². The van der Waals surface area contributed by atoms with Crippen LogP contribution in [0.4, 0.5) is 0 Å². The first-order chi connectivity index (χ1) is 9.56. The monoisotopic (exact) mass is 280 g/mol. The van der Waals surface area contributed by atoms with Crippen molar-refractivity contribution in [2.75, 3.05) is 7.11 Å². The highest BCUT2D eigenvalue weighted by molar-refractivity contribution is 5.79. The zero-order chi connectivity index (χ0) is 15.0. The molecule has 1 aromatic rings. The summed E-state index contributed by atoms with van der Waals surface area (Å²) >= 11 is 0. The summed E-state index contributed by atoms with van der Waals surface area (Å²) in [6.07, 6.45) is 3.37. The second-order valence-electron chi connectivity index (χ2n) is 5.05. The van der Waals surface area contributed by atoms with Gasteiger partial charge in [0.15, 0.2) is 11.5 Å². The summed E-state index contributed by atoms with van der Waals surface area (Å²) in [4.78, 5) is 11.8. The molecule has 0 aliphatic carbocycles. The fourth-order valence-electron chi connectivity index (χ4n) is 2.07. The molecule has 0 heterocycles. The van der Waals surface area contributed by atoms with Crippen molar-refractivity contribution in [2.24, 2.45) is 0 Å². The second kappa shape index (κ2) is 8.59. The van der Waals surface area contributed by atoms with Gasteiger partial charge in [-0.1, -0.05) is 25.8 Å². The van der Waals surface area contributed by atoms with Gasteiger partial charge in [0.2, 0.25) is 0 Å². The number of hydrogen-bond acceptors (Lipinski definition) is 4. The van der Waals surface area contributed by atoms with E-state index in [9.17, 15) is 15.0 Å². The van der Waals surface area contributed by atoms with E-state index in [4.69, 9.17) is 4.74 Å². The van der Waals surface area contributed by atoms with Gasteiger partial charge >= 0.3 is 0 Å². The van der Waals surface area contributed by atoms with Gasteiger partial charge in [0, 0.05) is 12.8 Å². The third-order valence-electron chi connectivity index (χ3n) is 3.29. The molecule has 1 atom stereocenters. The van der Waals surface area contributed by atoms with E-state index in [2.05, 4.69) is 6.92 Å². The van der Waals surface area contributed by atoms with Gasteiger partial charge < -0.3 is 14.9 Å². The van der Waals surface area contributed by atoms with Crippen molar-refractivity contribution in [3.63, 3.8) is 0 Å². The lowest BCUT2D eigenvalue weighted by molar-refractivity contribution is -0.121. The fourth-order valence-corrected chi connectivity index (χ4v) is 2.07. The predicted octanol–water partition coefficient (Wildman–Crippen LogP) is 2.84. The minimum absolute atomic E-state index is 0.0700. The van der Waals surface area contributed by atoms with E-state index in [-0.39, 0.29) is 18.0 Å². The molecule has 0 radical (unpaired) electrons. The molecular formula is C16H24O4. The number of aliphatic hydroxyl groups is 1. The maximum atomic E-state index is 11.8. The molecule has 4 nitrogen and oxygen atoms in total. The van der Waals surface area contributed by atoms with Crippen molar-refractivity contribution >= 4 is 5.78 Å². The average Bonchev–Trinajstić information content (AvgIpc) is 2.44. The van der Waals surface area contributed by atoms with Crippen LogP contribution in [0.3, 0.4) is 0 Å². The molecular weight excluding hydrogens is 256 g/mol. The largest absolute Gasteiger partial charge is 0.504 e. The maximum Gasteiger partial charge on any atom is 0.160 e. The number of aryl methyl sites for hydroxylation is 1. The average molecular weight is 280 g/mol. The van der Waals surface area contributed by atoms with Crippen molar-refractivity contribution in [2.45, 2.75) is 51.6 Å². The molecule has 0 aliphatic heterocycles. The normalized spacial score (nSPS) is 12.2. The minimum Gasteiger partial charge on any atom is -0.504 e. The highest BCUT2D eigenvalue weighted by atomic mass is 16.5. The molecule has 0 amide bonds. The van der Waals surface area contributed by atoms with Gasteiger partial charge in [0.25, 0.3) is 0 Å². The summed E-state index contributed by atoms with van der Waals surface area (Å²) in [5.41, 5.74) is 0.941. The van der Waals surface area contributed by atoms with Gasteiger partial charge in [-0.15, -0.1) is 0 Å². The third kappa shape index (κ3) is 5.61. The number of benzene rings is 1. The Bertz CT molecular complexity index is 428. The first-order valence-electron chi connectivity index (χ1n) is 7.12. The molecule has 1 aromatic carbocycles. The maximum absolute atomic E-state index is 11.8. The van der Waals surface area contributed by atoms with E-state index in [0.29, 0.717) is 25.0 Å². The Morgan fingerprint density at radius 3 is 2.80 bits per heavy atom. The van der Waals surface area contributed by atoms with Crippen LogP contribution >= 0.6 is 0 Å². The van der Waals surface area contributed by atoms with Crippen molar-refractivity contribution in [1.29, 1.82) is 0 Å². The van der Waals surface area contributed by atoms with Crippen LogP contribution in [0.15, 0.2) is 18.2 Å². The Balaban J connectivity index is 2.41. The molecule has 20 heavy (non-hydrogen) atoms. The Labute approximate surface area is 120 Å². The number of ether oxygens (including phenoxy) is 1. The summed E-state index contributed by atoms with van der Waals surface area (Å²) in [5.74, 6) is 0.580. The van der Waals surface area contributed by atoms with Crippen LogP contribution < -0.4 is 4.74 Å². The van der Waals surface area contributed by atoms with Crippen LogP contribution in [0, 0.1) is 0 Å². The topological polar surface area (TPSA) is 66.8 Å². The Hall–Kier alpha value is -1.55. The number of carbonyl (C=O) groups excluding carboxylic acids is 1. The van der Waals surface area contributed by atoms with Crippen molar-refractivity contribution < 1.29 is 19.7 Å². The Morgan fingerprint density at radius 1 is 1.40 bits per heavy atom. The number of hydrogen-bond donors (Lipinski definition) is 2. The van der Waals surface area contributed by atoms with Gasteiger partial charge in [-0.3, -0.25) is 4.79 Å². The molecule has 0 saturated carbocycles. The number of aromatic hydroxyl groups is 1. The molecule has 0 aromatic heterocycles. The second-order valence-corrected chi connectivity index (χ2v) is 5.05. The van der Waals surface area contributed by atoms with Gasteiger partial charge in [-0.2, -0.15) is 0 Å². The zero-order valence-electron chi connectivity index (χ0n) is 12.3. The molecule has 112 valence electrons. The Kier molecular flexibility index (Phi) is 7.09. The van der Waals surface area contributed by atoms with Crippen molar-refractivity contribution in [3.8, 4) is 11.5 Å². The van der Waals surface area contributed by atoms with E-state index < -0.39 is 6.10 Å². The van der Waals surface area contributed by atoms with E-state index in [0.717, 1.165) is 18.4 Å². The summed E-state index contributed by atoms with van der Waals surface area (Å²) in [6.45, 7) is 2.06.